The Balaban J connectivity index is 2.37. The highest BCUT2D eigenvalue weighted by molar-refractivity contribution is 5.03. The third kappa shape index (κ3) is 4.79. The second kappa shape index (κ2) is 4.62. The lowest BCUT2D eigenvalue weighted by Gasteiger charge is -2.21. The number of aromatic nitrogens is 2. The van der Waals surface area contributed by atoms with Crippen molar-refractivity contribution in [2.45, 2.75) is 39.8 Å². The molecule has 0 aliphatic heterocycles. The van der Waals surface area contributed by atoms with Crippen LogP contribution in [0.4, 0.5) is 0 Å². The quantitative estimate of drug-likeness (QED) is 0.767. The highest BCUT2D eigenvalue weighted by atomic mass is 15.3. The molecule has 3 nitrogen and oxygen atoms in total. The van der Waals surface area contributed by atoms with E-state index in [1.54, 1.807) is 0 Å². The van der Waals surface area contributed by atoms with Crippen LogP contribution in [-0.2, 0) is 6.54 Å². The van der Waals surface area contributed by atoms with E-state index >= 15 is 0 Å². The summed E-state index contributed by atoms with van der Waals surface area (Å²) < 4.78 is 1.92. The number of nitrogens with zero attached hydrogens (tertiary/aromatic N) is 2. The Morgan fingerprint density at radius 2 is 2.20 bits per heavy atom. The lowest BCUT2D eigenvalue weighted by molar-refractivity contribution is 0.438. The molecule has 3 heteroatoms. The highest BCUT2D eigenvalue weighted by Crippen LogP contribution is 2.02. The van der Waals surface area contributed by atoms with E-state index in [-0.39, 0.29) is 5.54 Å². The first-order chi connectivity index (χ1) is 6.87. The van der Waals surface area contributed by atoms with E-state index in [0.717, 1.165) is 18.7 Å². The van der Waals surface area contributed by atoms with Gasteiger partial charge in [0, 0.05) is 18.3 Å². The third-order valence-corrected chi connectivity index (χ3v) is 2.02. The molecule has 1 aromatic heterocycles. The zero-order valence-electron chi connectivity index (χ0n) is 10.2. The van der Waals surface area contributed by atoms with Gasteiger partial charge in [0.05, 0.1) is 12.7 Å². The van der Waals surface area contributed by atoms with Crippen LogP contribution in [0.1, 0.15) is 26.3 Å². The minimum atomic E-state index is 0.142. The lowest BCUT2D eigenvalue weighted by atomic mass is 10.1. The molecule has 0 aromatic carbocycles. The summed E-state index contributed by atoms with van der Waals surface area (Å²) >= 11 is 0. The fourth-order valence-corrected chi connectivity index (χ4v) is 1.23. The molecule has 0 fully saturated rings. The smallest absolute Gasteiger partial charge is 0.0629 e. The van der Waals surface area contributed by atoms with Crippen LogP contribution in [0.5, 0.6) is 0 Å². The maximum absolute atomic E-state index is 4.23. The molecule has 0 aliphatic rings. The molecular formula is C12H21N3. The molecule has 0 bridgehead atoms. The van der Waals surface area contributed by atoms with Gasteiger partial charge in [-0.1, -0.05) is 6.58 Å². The highest BCUT2D eigenvalue weighted by Gasteiger charge is 2.08. The van der Waals surface area contributed by atoms with E-state index in [2.05, 4.69) is 37.8 Å². The van der Waals surface area contributed by atoms with E-state index in [4.69, 9.17) is 0 Å². The Hall–Kier alpha value is -1.09. The number of hydrogen-bond acceptors (Lipinski definition) is 2. The van der Waals surface area contributed by atoms with Crippen LogP contribution < -0.4 is 5.32 Å². The summed E-state index contributed by atoms with van der Waals surface area (Å²) in [5, 5.41) is 7.64. The Morgan fingerprint density at radius 3 is 2.67 bits per heavy atom. The van der Waals surface area contributed by atoms with Crippen molar-refractivity contribution in [1.29, 1.82) is 0 Å². The topological polar surface area (TPSA) is 29.9 Å². The molecule has 0 radical (unpaired) electrons. The molecule has 15 heavy (non-hydrogen) atoms. The van der Waals surface area contributed by atoms with Crippen LogP contribution in [-0.4, -0.2) is 21.9 Å². The fraction of sp³-hybridized carbons (Fsp3) is 0.583. The summed E-state index contributed by atoms with van der Waals surface area (Å²) in [5.74, 6) is 0. The van der Waals surface area contributed by atoms with Gasteiger partial charge in [-0.15, -0.1) is 0 Å². The van der Waals surface area contributed by atoms with Gasteiger partial charge in [0.1, 0.15) is 0 Å². The Bertz CT molecular complexity index is 331. The molecule has 1 heterocycles. The van der Waals surface area contributed by atoms with Crippen LogP contribution >= 0.6 is 0 Å². The van der Waals surface area contributed by atoms with Crippen LogP contribution in [0.25, 0.3) is 0 Å². The standard InChI is InChI=1S/C12H21N3/c1-10(6-13-12(3,4)5)8-15-9-11(2)7-14-15/h7,9,13H,1,6,8H2,2-5H3. The maximum Gasteiger partial charge on any atom is 0.0629 e. The number of hydrogen-bond donors (Lipinski definition) is 1. The summed E-state index contributed by atoms with van der Waals surface area (Å²) in [4.78, 5) is 0. The summed E-state index contributed by atoms with van der Waals surface area (Å²) in [7, 11) is 0. The van der Waals surface area contributed by atoms with E-state index in [9.17, 15) is 0 Å². The van der Waals surface area contributed by atoms with Crippen molar-refractivity contribution in [2.75, 3.05) is 6.54 Å². The minimum absolute atomic E-state index is 0.142. The summed E-state index contributed by atoms with van der Waals surface area (Å²) in [6, 6.07) is 0. The molecule has 0 atom stereocenters. The van der Waals surface area contributed by atoms with Crippen molar-refractivity contribution >= 4 is 0 Å². The Morgan fingerprint density at radius 1 is 1.53 bits per heavy atom. The van der Waals surface area contributed by atoms with Gasteiger partial charge in [0.25, 0.3) is 0 Å². The largest absolute Gasteiger partial charge is 0.308 e. The van der Waals surface area contributed by atoms with Gasteiger partial charge in [0.2, 0.25) is 0 Å². The number of rotatable bonds is 4. The van der Waals surface area contributed by atoms with Crippen LogP contribution in [0.3, 0.4) is 0 Å². The molecule has 1 aromatic rings. The first kappa shape index (κ1) is 12.0. The molecule has 84 valence electrons. The van der Waals surface area contributed by atoms with Crippen LogP contribution in [0.2, 0.25) is 0 Å². The number of aryl methyl sites for hydroxylation is 1. The van der Waals surface area contributed by atoms with Gasteiger partial charge in [-0.2, -0.15) is 5.10 Å². The molecule has 0 spiro atoms. The average Bonchev–Trinajstić information content (AvgIpc) is 2.47. The van der Waals surface area contributed by atoms with E-state index in [1.807, 2.05) is 24.0 Å². The second-order valence-electron chi connectivity index (χ2n) is 5.07. The van der Waals surface area contributed by atoms with E-state index < -0.39 is 0 Å². The molecule has 0 saturated carbocycles. The Kier molecular flexibility index (Phi) is 3.69. The predicted molar refractivity (Wildman–Crippen MR) is 63.9 cm³/mol. The van der Waals surface area contributed by atoms with Gasteiger partial charge in [0.15, 0.2) is 0 Å². The normalized spacial score (nSPS) is 11.7. The van der Waals surface area contributed by atoms with Gasteiger partial charge < -0.3 is 5.32 Å². The van der Waals surface area contributed by atoms with E-state index in [0.29, 0.717) is 0 Å². The van der Waals surface area contributed by atoms with Crippen molar-refractivity contribution in [3.8, 4) is 0 Å². The van der Waals surface area contributed by atoms with Gasteiger partial charge in [-0.3, -0.25) is 4.68 Å². The van der Waals surface area contributed by atoms with Gasteiger partial charge in [-0.25, -0.2) is 0 Å². The monoisotopic (exact) mass is 207 g/mol. The van der Waals surface area contributed by atoms with E-state index in [1.165, 1.54) is 5.56 Å². The molecule has 0 saturated heterocycles. The first-order valence-electron chi connectivity index (χ1n) is 5.27. The predicted octanol–water partition coefficient (Wildman–Crippen LogP) is 2.14. The lowest BCUT2D eigenvalue weighted by Crippen LogP contribution is -2.37. The van der Waals surface area contributed by atoms with Crippen LogP contribution in [0.15, 0.2) is 24.5 Å². The van der Waals surface area contributed by atoms with Gasteiger partial charge in [-0.05, 0) is 38.8 Å². The van der Waals surface area contributed by atoms with Crippen molar-refractivity contribution in [2.24, 2.45) is 0 Å². The molecule has 1 rings (SSSR count). The molecule has 0 aliphatic carbocycles. The van der Waals surface area contributed by atoms with Gasteiger partial charge >= 0.3 is 0 Å². The number of nitrogens with one attached hydrogen (secondary N) is 1. The average molecular weight is 207 g/mol. The SMILES string of the molecule is C=C(CNC(C)(C)C)Cn1cc(C)cn1. The van der Waals surface area contributed by atoms with Crippen molar-refractivity contribution in [3.05, 3.63) is 30.1 Å². The molecular weight excluding hydrogens is 186 g/mol. The van der Waals surface area contributed by atoms with Crippen molar-refractivity contribution in [3.63, 3.8) is 0 Å². The second-order valence-corrected chi connectivity index (χ2v) is 5.07. The zero-order valence-corrected chi connectivity index (χ0v) is 10.2. The molecule has 0 unspecified atom stereocenters. The summed E-state index contributed by atoms with van der Waals surface area (Å²) in [5.41, 5.74) is 2.47. The molecule has 0 amide bonds. The Labute approximate surface area is 92.2 Å². The fourth-order valence-electron chi connectivity index (χ4n) is 1.23. The maximum atomic E-state index is 4.23. The zero-order chi connectivity index (χ0) is 11.5. The summed E-state index contributed by atoms with van der Waals surface area (Å²) in [6.45, 7) is 14.2. The minimum Gasteiger partial charge on any atom is -0.308 e. The first-order valence-corrected chi connectivity index (χ1v) is 5.27. The third-order valence-electron chi connectivity index (χ3n) is 2.02. The van der Waals surface area contributed by atoms with Crippen LogP contribution in [0, 0.1) is 6.92 Å². The summed E-state index contributed by atoms with van der Waals surface area (Å²) in [6.07, 6.45) is 3.90. The van der Waals surface area contributed by atoms with Crippen molar-refractivity contribution < 1.29 is 0 Å². The molecule has 1 N–H and O–H groups in total. The van der Waals surface area contributed by atoms with Crippen molar-refractivity contribution in [1.82, 2.24) is 15.1 Å².